The van der Waals surface area contributed by atoms with E-state index in [0.717, 1.165) is 0 Å². The molecule has 0 atom stereocenters. The number of hydrogen-bond donors (Lipinski definition) is 0. The van der Waals surface area contributed by atoms with Gasteiger partial charge in [-0.2, -0.15) is 0 Å². The summed E-state index contributed by atoms with van der Waals surface area (Å²) in [5.41, 5.74) is 22.4. The van der Waals surface area contributed by atoms with E-state index in [0.29, 0.717) is 17.8 Å². The molecular formula is C60H65N. The number of hydrogen-bond acceptors (Lipinski definition) is 1. The average Bonchev–Trinajstić information content (AvgIpc) is 3.68. The van der Waals surface area contributed by atoms with Crippen LogP contribution >= 0.6 is 0 Å². The molecule has 11 rings (SSSR count). The van der Waals surface area contributed by atoms with Gasteiger partial charge in [0, 0.05) is 27.8 Å². The molecule has 5 aliphatic rings. The Balaban J connectivity index is 1.15. The summed E-state index contributed by atoms with van der Waals surface area (Å²) in [4.78, 5) is 2.69. The van der Waals surface area contributed by atoms with Gasteiger partial charge in [-0.15, -0.1) is 0 Å². The summed E-state index contributed by atoms with van der Waals surface area (Å²) in [6.45, 7) is 9.72. The van der Waals surface area contributed by atoms with Gasteiger partial charge in [-0.25, -0.2) is 0 Å². The van der Waals surface area contributed by atoms with Gasteiger partial charge in [0.05, 0.1) is 5.69 Å². The lowest BCUT2D eigenvalue weighted by Gasteiger charge is -2.33. The first-order valence-electron chi connectivity index (χ1n) is 24.3. The molecule has 0 aromatic heterocycles. The topological polar surface area (TPSA) is 3.24 Å². The third-order valence-corrected chi connectivity index (χ3v) is 16.4. The van der Waals surface area contributed by atoms with Crippen molar-refractivity contribution in [2.24, 2.45) is 0 Å². The van der Waals surface area contributed by atoms with Crippen LogP contribution in [0.2, 0.25) is 0 Å². The highest BCUT2D eigenvalue weighted by atomic mass is 15.1. The van der Waals surface area contributed by atoms with Crippen molar-refractivity contribution in [1.82, 2.24) is 0 Å². The molecule has 0 saturated heterocycles. The largest absolute Gasteiger partial charge is 0.310 e. The maximum Gasteiger partial charge on any atom is 0.0542 e. The molecule has 0 N–H and O–H groups in total. The third-order valence-electron chi connectivity index (χ3n) is 16.4. The van der Waals surface area contributed by atoms with Crippen LogP contribution in [0.4, 0.5) is 17.1 Å². The minimum atomic E-state index is -0.0921. The molecule has 0 bridgehead atoms. The van der Waals surface area contributed by atoms with Gasteiger partial charge < -0.3 is 4.90 Å². The van der Waals surface area contributed by atoms with Gasteiger partial charge in [-0.05, 0) is 153 Å². The van der Waals surface area contributed by atoms with Gasteiger partial charge in [0.2, 0.25) is 0 Å². The SMILES string of the molecule is CC1(C)c2ccccc2-c2ccc(N(c3ccc4c(c3)C(C)(C)c3ccccc3-4)c3cc(C4CCCCC4)ccc3-c3cc(C4CCCCC4)cc(C4CCCCC4)c3)cc21. The molecule has 0 amide bonds. The number of fused-ring (bicyclic) bond motifs is 6. The molecule has 6 aromatic carbocycles. The minimum Gasteiger partial charge on any atom is -0.310 e. The van der Waals surface area contributed by atoms with E-state index >= 15 is 0 Å². The summed E-state index contributed by atoms with van der Waals surface area (Å²) >= 11 is 0. The molecule has 1 heteroatoms. The fraction of sp³-hybridized carbons (Fsp3) is 0.400. The zero-order chi connectivity index (χ0) is 41.3. The van der Waals surface area contributed by atoms with E-state index < -0.39 is 0 Å². The normalized spacial score (nSPS) is 19.5. The first-order chi connectivity index (χ1) is 29.8. The summed E-state index contributed by atoms with van der Waals surface area (Å²) in [5.74, 6) is 1.94. The van der Waals surface area contributed by atoms with E-state index in [4.69, 9.17) is 0 Å². The van der Waals surface area contributed by atoms with Crippen molar-refractivity contribution in [3.63, 3.8) is 0 Å². The number of rotatable bonds is 7. The van der Waals surface area contributed by atoms with Crippen LogP contribution in [-0.2, 0) is 10.8 Å². The Hall–Kier alpha value is -4.88. The fourth-order valence-electron chi connectivity index (χ4n) is 12.9. The summed E-state index contributed by atoms with van der Waals surface area (Å²) in [6, 6.07) is 48.8. The van der Waals surface area contributed by atoms with Crippen LogP contribution in [-0.4, -0.2) is 0 Å². The van der Waals surface area contributed by atoms with E-state index in [1.807, 2.05) is 0 Å². The molecule has 310 valence electrons. The molecule has 6 aromatic rings. The molecule has 0 aliphatic heterocycles. The molecule has 0 heterocycles. The third kappa shape index (κ3) is 6.72. The molecule has 0 radical (unpaired) electrons. The Morgan fingerprint density at radius 1 is 0.361 bits per heavy atom. The zero-order valence-electron chi connectivity index (χ0n) is 37.3. The van der Waals surface area contributed by atoms with Crippen molar-refractivity contribution >= 4 is 17.1 Å². The van der Waals surface area contributed by atoms with Gasteiger partial charge in [0.25, 0.3) is 0 Å². The second-order valence-corrected chi connectivity index (χ2v) is 20.8. The summed E-state index contributed by atoms with van der Waals surface area (Å²) in [7, 11) is 0. The Bertz CT molecular complexity index is 2460. The van der Waals surface area contributed by atoms with Crippen LogP contribution in [0.15, 0.2) is 121 Å². The summed E-state index contributed by atoms with van der Waals surface area (Å²) in [5, 5.41) is 0. The van der Waals surface area contributed by atoms with Crippen molar-refractivity contribution < 1.29 is 0 Å². The summed E-state index contributed by atoms with van der Waals surface area (Å²) < 4.78 is 0. The van der Waals surface area contributed by atoms with E-state index in [2.05, 4.69) is 154 Å². The Morgan fingerprint density at radius 2 is 0.770 bits per heavy atom. The lowest BCUT2D eigenvalue weighted by atomic mass is 9.78. The van der Waals surface area contributed by atoms with Crippen molar-refractivity contribution in [2.75, 3.05) is 4.90 Å². The Labute approximate surface area is 366 Å². The highest BCUT2D eigenvalue weighted by molar-refractivity contribution is 5.93. The van der Waals surface area contributed by atoms with Gasteiger partial charge in [-0.3, -0.25) is 0 Å². The van der Waals surface area contributed by atoms with E-state index in [9.17, 15) is 0 Å². The molecule has 5 aliphatic carbocycles. The quantitative estimate of drug-likeness (QED) is 0.155. The molecule has 3 saturated carbocycles. The molecule has 3 fully saturated rings. The first kappa shape index (κ1) is 39.0. The van der Waals surface area contributed by atoms with E-state index in [-0.39, 0.29) is 10.8 Å². The molecule has 0 unspecified atom stereocenters. The van der Waals surface area contributed by atoms with E-state index in [1.54, 1.807) is 11.1 Å². The maximum atomic E-state index is 2.69. The summed E-state index contributed by atoms with van der Waals surface area (Å²) in [6.07, 6.45) is 20.1. The van der Waals surface area contributed by atoms with Crippen LogP contribution in [0.3, 0.4) is 0 Å². The van der Waals surface area contributed by atoms with Crippen LogP contribution in [0.5, 0.6) is 0 Å². The molecule has 0 spiro atoms. The Morgan fingerprint density at radius 3 is 1.25 bits per heavy atom. The van der Waals surface area contributed by atoms with Crippen molar-refractivity contribution in [1.29, 1.82) is 0 Å². The fourth-order valence-corrected chi connectivity index (χ4v) is 12.9. The molecule has 61 heavy (non-hydrogen) atoms. The maximum absolute atomic E-state index is 2.69. The van der Waals surface area contributed by atoms with Gasteiger partial charge in [0.15, 0.2) is 0 Å². The highest BCUT2D eigenvalue weighted by Crippen LogP contribution is 2.54. The van der Waals surface area contributed by atoms with Gasteiger partial charge in [-0.1, -0.05) is 176 Å². The smallest absolute Gasteiger partial charge is 0.0542 e. The van der Waals surface area contributed by atoms with Gasteiger partial charge in [0.1, 0.15) is 0 Å². The Kier molecular flexibility index (Phi) is 9.90. The monoisotopic (exact) mass is 800 g/mol. The zero-order valence-corrected chi connectivity index (χ0v) is 37.3. The second kappa shape index (κ2) is 15.5. The highest BCUT2D eigenvalue weighted by Gasteiger charge is 2.38. The predicted molar refractivity (Wildman–Crippen MR) is 259 cm³/mol. The molecular weight excluding hydrogens is 735 g/mol. The minimum absolute atomic E-state index is 0.0921. The lowest BCUT2D eigenvalue weighted by Crippen LogP contribution is -2.18. The van der Waals surface area contributed by atoms with Crippen LogP contribution < -0.4 is 4.90 Å². The number of benzene rings is 6. The van der Waals surface area contributed by atoms with Crippen molar-refractivity contribution in [3.05, 3.63) is 160 Å². The van der Waals surface area contributed by atoms with Crippen LogP contribution in [0.25, 0.3) is 33.4 Å². The van der Waals surface area contributed by atoms with Crippen molar-refractivity contribution in [3.8, 4) is 33.4 Å². The number of anilines is 3. The predicted octanol–water partition coefficient (Wildman–Crippen LogP) is 17.6. The molecule has 1 nitrogen and oxygen atoms in total. The van der Waals surface area contributed by atoms with E-state index in [1.165, 1.54) is 175 Å². The first-order valence-corrected chi connectivity index (χ1v) is 24.3. The van der Waals surface area contributed by atoms with Gasteiger partial charge >= 0.3 is 0 Å². The van der Waals surface area contributed by atoms with Crippen LogP contribution in [0.1, 0.15) is 181 Å². The van der Waals surface area contributed by atoms with Crippen LogP contribution in [0, 0.1) is 0 Å². The second-order valence-electron chi connectivity index (χ2n) is 20.8. The number of nitrogens with zero attached hydrogens (tertiary/aromatic N) is 1. The lowest BCUT2D eigenvalue weighted by molar-refractivity contribution is 0.435. The van der Waals surface area contributed by atoms with Crippen molar-refractivity contribution in [2.45, 2.75) is 153 Å². The average molecular weight is 800 g/mol. The standard InChI is InChI=1S/C60H65N/c1-59(2)54-26-16-14-24-50(54)52-32-29-47(38-56(52)59)61(48-30-33-53-51-25-15-17-27-55(51)60(3,4)57(53)39-48)58-37-43(40-18-8-5-9-19-40)28-31-49(58)46-35-44(41-20-10-6-11-21-41)34-45(36-46)42-22-12-7-13-23-42/h14-17,24-42H,5-13,18-23H2,1-4H3.